The largest absolute Gasteiger partial charge is 0.377 e. The highest BCUT2D eigenvalue weighted by molar-refractivity contribution is 14.0. The Labute approximate surface area is 156 Å². The van der Waals surface area contributed by atoms with Crippen LogP contribution in [0.15, 0.2) is 35.3 Å². The van der Waals surface area contributed by atoms with Gasteiger partial charge in [-0.1, -0.05) is 30.3 Å². The number of benzene rings is 1. The van der Waals surface area contributed by atoms with E-state index in [-0.39, 0.29) is 36.1 Å². The van der Waals surface area contributed by atoms with Gasteiger partial charge < -0.3 is 20.1 Å². The molecule has 1 heterocycles. The van der Waals surface area contributed by atoms with Gasteiger partial charge in [-0.2, -0.15) is 0 Å². The second kappa shape index (κ2) is 11.6. The zero-order valence-corrected chi connectivity index (χ0v) is 16.3. The van der Waals surface area contributed by atoms with Crippen LogP contribution >= 0.6 is 24.0 Å². The Kier molecular flexibility index (Phi) is 10.2. The van der Waals surface area contributed by atoms with Gasteiger partial charge in [0, 0.05) is 20.2 Å². The molecule has 0 amide bonds. The molecule has 1 aliphatic rings. The summed E-state index contributed by atoms with van der Waals surface area (Å²) in [5, 5.41) is 6.64. The lowest BCUT2D eigenvalue weighted by Gasteiger charge is -2.18. The highest BCUT2D eigenvalue weighted by Crippen LogP contribution is 2.12. The quantitative estimate of drug-likeness (QED) is 0.301. The van der Waals surface area contributed by atoms with Crippen molar-refractivity contribution in [2.45, 2.75) is 31.9 Å². The Bertz CT molecular complexity index is 450. The van der Waals surface area contributed by atoms with E-state index < -0.39 is 0 Å². The molecule has 0 bridgehead atoms. The average molecular weight is 433 g/mol. The van der Waals surface area contributed by atoms with Crippen LogP contribution in [0.5, 0.6) is 0 Å². The Balaban J connectivity index is 0.00000264. The maximum absolute atomic E-state index is 5.63. The maximum atomic E-state index is 5.63. The number of hydrogen-bond acceptors (Lipinski definition) is 3. The van der Waals surface area contributed by atoms with Crippen LogP contribution in [0.3, 0.4) is 0 Å². The molecule has 0 spiro atoms. The van der Waals surface area contributed by atoms with E-state index >= 15 is 0 Å². The summed E-state index contributed by atoms with van der Waals surface area (Å²) in [5.41, 5.74) is 1.24. The van der Waals surface area contributed by atoms with Crippen molar-refractivity contribution in [3.63, 3.8) is 0 Å². The standard InChI is InChI=1S/C17H27N3O2.HI/c1-14(15-7-4-3-5-8-15)20-17(18-2)19-10-12-21-13-16-9-6-11-22-16;/h3-5,7-8,14,16H,6,9-13H2,1-2H3,(H2,18,19,20);1H. The van der Waals surface area contributed by atoms with Crippen LogP contribution in [0.1, 0.15) is 31.4 Å². The zero-order chi connectivity index (χ0) is 15.6. The summed E-state index contributed by atoms with van der Waals surface area (Å²) in [6.07, 6.45) is 2.56. The van der Waals surface area contributed by atoms with Gasteiger partial charge in [-0.3, -0.25) is 4.99 Å². The zero-order valence-electron chi connectivity index (χ0n) is 14.0. The predicted molar refractivity (Wildman–Crippen MR) is 105 cm³/mol. The first-order valence-corrected chi connectivity index (χ1v) is 8.01. The van der Waals surface area contributed by atoms with Crippen molar-refractivity contribution >= 4 is 29.9 Å². The first-order chi connectivity index (χ1) is 10.8. The van der Waals surface area contributed by atoms with Gasteiger partial charge in [-0.25, -0.2) is 0 Å². The summed E-state index contributed by atoms with van der Waals surface area (Å²) in [7, 11) is 1.78. The van der Waals surface area contributed by atoms with Crippen LogP contribution in [0.4, 0.5) is 0 Å². The van der Waals surface area contributed by atoms with E-state index in [0.717, 1.165) is 32.0 Å². The summed E-state index contributed by atoms with van der Waals surface area (Å²) >= 11 is 0. The second-order valence-electron chi connectivity index (χ2n) is 5.49. The molecule has 1 saturated heterocycles. The lowest BCUT2D eigenvalue weighted by molar-refractivity contribution is 0.0191. The smallest absolute Gasteiger partial charge is 0.191 e. The van der Waals surface area contributed by atoms with Gasteiger partial charge in [0.15, 0.2) is 5.96 Å². The number of ether oxygens (including phenoxy) is 2. The predicted octanol–water partition coefficient (Wildman–Crippen LogP) is 2.73. The molecule has 2 N–H and O–H groups in total. The fraction of sp³-hybridized carbons (Fsp3) is 0.588. The molecule has 2 atom stereocenters. The minimum absolute atomic E-state index is 0. The monoisotopic (exact) mass is 433 g/mol. The normalized spacial score (nSPS) is 19.0. The lowest BCUT2D eigenvalue weighted by Crippen LogP contribution is -2.40. The molecule has 0 saturated carbocycles. The summed E-state index contributed by atoms with van der Waals surface area (Å²) < 4.78 is 11.2. The molecule has 0 aromatic heterocycles. The van der Waals surface area contributed by atoms with E-state index in [2.05, 4.69) is 34.7 Å². The van der Waals surface area contributed by atoms with Crippen LogP contribution in [-0.2, 0) is 9.47 Å². The molecular weight excluding hydrogens is 405 g/mol. The highest BCUT2D eigenvalue weighted by Gasteiger charge is 2.15. The highest BCUT2D eigenvalue weighted by atomic mass is 127. The lowest BCUT2D eigenvalue weighted by atomic mass is 10.1. The van der Waals surface area contributed by atoms with E-state index in [0.29, 0.717) is 13.2 Å². The van der Waals surface area contributed by atoms with Gasteiger partial charge in [-0.15, -0.1) is 24.0 Å². The Morgan fingerprint density at radius 3 is 2.83 bits per heavy atom. The molecule has 1 fully saturated rings. The topological polar surface area (TPSA) is 54.9 Å². The summed E-state index contributed by atoms with van der Waals surface area (Å²) in [5.74, 6) is 0.789. The molecule has 23 heavy (non-hydrogen) atoms. The number of nitrogens with zero attached hydrogens (tertiary/aromatic N) is 1. The fourth-order valence-corrected chi connectivity index (χ4v) is 2.46. The van der Waals surface area contributed by atoms with Gasteiger partial charge >= 0.3 is 0 Å². The summed E-state index contributed by atoms with van der Waals surface area (Å²) in [6.45, 7) is 5.07. The van der Waals surface area contributed by atoms with Crippen molar-refractivity contribution in [1.29, 1.82) is 0 Å². The molecule has 0 aliphatic carbocycles. The van der Waals surface area contributed by atoms with E-state index in [1.54, 1.807) is 7.05 Å². The minimum atomic E-state index is 0. The SMILES string of the molecule is CN=C(NCCOCC1CCCO1)NC(C)c1ccccc1.I. The third-order valence-electron chi connectivity index (χ3n) is 3.74. The average Bonchev–Trinajstić information content (AvgIpc) is 3.07. The Morgan fingerprint density at radius 2 is 2.17 bits per heavy atom. The van der Waals surface area contributed by atoms with Gasteiger partial charge in [0.2, 0.25) is 0 Å². The van der Waals surface area contributed by atoms with Gasteiger partial charge in [0.25, 0.3) is 0 Å². The molecule has 1 aromatic rings. The first-order valence-electron chi connectivity index (χ1n) is 8.01. The van der Waals surface area contributed by atoms with Crippen molar-refractivity contribution < 1.29 is 9.47 Å². The van der Waals surface area contributed by atoms with E-state index in [1.165, 1.54) is 5.56 Å². The molecule has 6 heteroatoms. The summed E-state index contributed by atoms with van der Waals surface area (Å²) in [6, 6.07) is 10.5. The van der Waals surface area contributed by atoms with Gasteiger partial charge in [0.05, 0.1) is 25.4 Å². The van der Waals surface area contributed by atoms with E-state index in [1.807, 2.05) is 18.2 Å². The van der Waals surface area contributed by atoms with Crippen LogP contribution in [0.25, 0.3) is 0 Å². The van der Waals surface area contributed by atoms with Crippen molar-refractivity contribution in [3.8, 4) is 0 Å². The van der Waals surface area contributed by atoms with Crippen LogP contribution in [-0.4, -0.2) is 45.5 Å². The molecule has 2 unspecified atom stereocenters. The third kappa shape index (κ3) is 7.50. The number of guanidine groups is 1. The molecule has 5 nitrogen and oxygen atoms in total. The molecular formula is C17H28IN3O2. The Morgan fingerprint density at radius 1 is 1.39 bits per heavy atom. The first kappa shape index (κ1) is 20.2. The Hall–Kier alpha value is -0.860. The molecule has 2 rings (SSSR count). The van der Waals surface area contributed by atoms with Crippen molar-refractivity contribution in [2.24, 2.45) is 4.99 Å². The molecule has 130 valence electrons. The van der Waals surface area contributed by atoms with Crippen molar-refractivity contribution in [2.75, 3.05) is 33.4 Å². The number of halogens is 1. The summed E-state index contributed by atoms with van der Waals surface area (Å²) in [4.78, 5) is 4.24. The molecule has 1 aromatic carbocycles. The number of nitrogens with one attached hydrogen (secondary N) is 2. The van der Waals surface area contributed by atoms with Gasteiger partial charge in [-0.05, 0) is 25.3 Å². The number of hydrogen-bond donors (Lipinski definition) is 2. The van der Waals surface area contributed by atoms with Crippen molar-refractivity contribution in [3.05, 3.63) is 35.9 Å². The molecule has 1 aliphatic heterocycles. The fourth-order valence-electron chi connectivity index (χ4n) is 2.46. The van der Waals surface area contributed by atoms with Gasteiger partial charge in [0.1, 0.15) is 0 Å². The number of rotatable bonds is 7. The van der Waals surface area contributed by atoms with E-state index in [9.17, 15) is 0 Å². The molecule has 0 radical (unpaired) electrons. The van der Waals surface area contributed by atoms with E-state index in [4.69, 9.17) is 9.47 Å². The number of aliphatic imine (C=N–C) groups is 1. The maximum Gasteiger partial charge on any atom is 0.191 e. The van der Waals surface area contributed by atoms with Crippen LogP contribution in [0, 0.1) is 0 Å². The second-order valence-corrected chi connectivity index (χ2v) is 5.49. The van der Waals surface area contributed by atoms with Crippen molar-refractivity contribution in [1.82, 2.24) is 10.6 Å². The third-order valence-corrected chi connectivity index (χ3v) is 3.74. The minimum Gasteiger partial charge on any atom is -0.377 e. The van der Waals surface area contributed by atoms with Crippen LogP contribution in [0.2, 0.25) is 0 Å². The van der Waals surface area contributed by atoms with Crippen LogP contribution < -0.4 is 10.6 Å².